The maximum atomic E-state index is 12.8. The minimum Gasteiger partial charge on any atom is -0.466 e. The Balaban J connectivity index is 1.60. The lowest BCUT2D eigenvalue weighted by molar-refractivity contribution is -0.136. The first-order valence-corrected chi connectivity index (χ1v) is 11.2. The molecule has 0 bridgehead atoms. The summed E-state index contributed by atoms with van der Waals surface area (Å²) in [6.07, 6.45) is 0. The van der Waals surface area contributed by atoms with Crippen molar-refractivity contribution in [3.63, 3.8) is 0 Å². The van der Waals surface area contributed by atoms with Gasteiger partial charge in [-0.2, -0.15) is 5.26 Å². The molecule has 31 heavy (non-hydrogen) atoms. The van der Waals surface area contributed by atoms with Crippen molar-refractivity contribution in [1.82, 2.24) is 5.32 Å². The fourth-order valence-corrected chi connectivity index (χ4v) is 5.27. The molecule has 0 spiro atoms. The van der Waals surface area contributed by atoms with Crippen LogP contribution in [0.1, 0.15) is 28.1 Å². The summed E-state index contributed by atoms with van der Waals surface area (Å²) in [5.74, 6) is 0.136. The highest BCUT2D eigenvalue weighted by atomic mass is 32.2. The van der Waals surface area contributed by atoms with Gasteiger partial charge in [0.05, 0.1) is 41.0 Å². The summed E-state index contributed by atoms with van der Waals surface area (Å²) in [4.78, 5) is 26.1. The molecule has 2 aliphatic heterocycles. The third-order valence-electron chi connectivity index (χ3n) is 4.92. The molecule has 1 aromatic heterocycles. The number of nitrogens with one attached hydrogen (secondary N) is 1. The number of carbonyl (C=O) groups is 2. The van der Waals surface area contributed by atoms with Crippen LogP contribution >= 0.6 is 23.1 Å². The average Bonchev–Trinajstić information content (AvgIpc) is 3.47. The van der Waals surface area contributed by atoms with Gasteiger partial charge in [-0.15, -0.1) is 11.3 Å². The molecule has 0 saturated heterocycles. The predicted octanol–water partition coefficient (Wildman–Crippen LogP) is 3.96. The van der Waals surface area contributed by atoms with Crippen molar-refractivity contribution in [3.8, 4) is 17.6 Å². The van der Waals surface area contributed by atoms with E-state index in [2.05, 4.69) is 11.4 Å². The second kappa shape index (κ2) is 8.88. The quantitative estimate of drug-likeness (QED) is 0.517. The van der Waals surface area contributed by atoms with Gasteiger partial charge in [0.15, 0.2) is 17.3 Å². The van der Waals surface area contributed by atoms with Crippen molar-refractivity contribution in [2.24, 2.45) is 0 Å². The molecule has 0 aliphatic carbocycles. The monoisotopic (exact) mass is 454 g/mol. The summed E-state index contributed by atoms with van der Waals surface area (Å²) in [7, 11) is 1.32. The van der Waals surface area contributed by atoms with Crippen molar-refractivity contribution in [1.29, 1.82) is 5.26 Å². The summed E-state index contributed by atoms with van der Waals surface area (Å²) in [6.45, 7) is 1.91. The van der Waals surface area contributed by atoms with E-state index in [-0.39, 0.29) is 18.3 Å². The number of hydrogen-bond acceptors (Lipinski definition) is 9. The van der Waals surface area contributed by atoms with E-state index in [0.29, 0.717) is 38.9 Å². The second-order valence-corrected chi connectivity index (χ2v) is 8.70. The Labute approximate surface area is 187 Å². The molecule has 7 nitrogen and oxygen atoms in total. The van der Waals surface area contributed by atoms with Gasteiger partial charge in [0.25, 0.3) is 0 Å². The molecule has 9 heteroatoms. The van der Waals surface area contributed by atoms with Crippen molar-refractivity contribution in [2.75, 3.05) is 19.7 Å². The van der Waals surface area contributed by atoms with Gasteiger partial charge in [-0.3, -0.25) is 4.79 Å². The molecule has 1 atom stereocenters. The van der Waals surface area contributed by atoms with Crippen molar-refractivity contribution in [3.05, 3.63) is 68.0 Å². The smallest absolute Gasteiger partial charge is 0.336 e. The van der Waals surface area contributed by atoms with Crippen LogP contribution in [0.5, 0.6) is 11.5 Å². The maximum absolute atomic E-state index is 12.8. The molecule has 2 aliphatic rings. The van der Waals surface area contributed by atoms with Gasteiger partial charge in [-0.25, -0.2) is 4.79 Å². The van der Waals surface area contributed by atoms with Crippen LogP contribution in [0.25, 0.3) is 0 Å². The maximum Gasteiger partial charge on any atom is 0.336 e. The number of Topliss-reactive ketones (excluding diaryl/α,β-unsaturated/α-hetero) is 1. The van der Waals surface area contributed by atoms with Gasteiger partial charge < -0.3 is 19.5 Å². The number of ether oxygens (including phenoxy) is 3. The zero-order valence-corrected chi connectivity index (χ0v) is 18.4. The number of thiophene rings is 1. The number of esters is 1. The van der Waals surface area contributed by atoms with Gasteiger partial charge in [0.1, 0.15) is 0 Å². The van der Waals surface area contributed by atoms with Crippen LogP contribution in [-0.4, -0.2) is 31.4 Å². The highest BCUT2D eigenvalue weighted by Crippen LogP contribution is 2.42. The third-order valence-corrected chi connectivity index (χ3v) is 6.88. The van der Waals surface area contributed by atoms with Crippen LogP contribution in [0.2, 0.25) is 0 Å². The van der Waals surface area contributed by atoms with E-state index in [0.717, 1.165) is 4.88 Å². The Kier molecular flexibility index (Phi) is 6.02. The molecule has 0 fully saturated rings. The van der Waals surface area contributed by atoms with Gasteiger partial charge in [0, 0.05) is 16.1 Å². The summed E-state index contributed by atoms with van der Waals surface area (Å²) in [5, 5.41) is 15.5. The first kappa shape index (κ1) is 21.0. The highest BCUT2D eigenvalue weighted by molar-refractivity contribution is 8.03. The molecule has 1 aromatic carbocycles. The van der Waals surface area contributed by atoms with Crippen LogP contribution in [0.4, 0.5) is 0 Å². The Hall–Kier alpha value is -3.22. The minimum absolute atomic E-state index is 0.108. The first-order chi connectivity index (χ1) is 15.0. The van der Waals surface area contributed by atoms with E-state index in [9.17, 15) is 14.9 Å². The van der Waals surface area contributed by atoms with Gasteiger partial charge >= 0.3 is 5.97 Å². The van der Waals surface area contributed by atoms with E-state index in [1.54, 1.807) is 25.1 Å². The van der Waals surface area contributed by atoms with E-state index in [1.807, 2.05) is 17.5 Å². The number of fused-ring (bicyclic) bond motifs is 1. The van der Waals surface area contributed by atoms with Gasteiger partial charge in [-0.1, -0.05) is 17.8 Å². The number of ketones is 1. The normalized spacial score (nSPS) is 17.3. The highest BCUT2D eigenvalue weighted by Gasteiger charge is 2.36. The molecular formula is C22H18N2O5S2. The van der Waals surface area contributed by atoms with Crippen LogP contribution in [0.15, 0.2) is 57.6 Å². The molecule has 3 heterocycles. The lowest BCUT2D eigenvalue weighted by Crippen LogP contribution is -2.28. The SMILES string of the molecule is COC(=O)C1=C(C)NC(SCC(=O)c2ccc3c(c2)OCO3)=C(C#N)[C@H]1c1cccs1. The van der Waals surface area contributed by atoms with Gasteiger partial charge in [-0.05, 0) is 36.6 Å². The lowest BCUT2D eigenvalue weighted by atomic mass is 9.87. The summed E-state index contributed by atoms with van der Waals surface area (Å²) < 4.78 is 15.6. The first-order valence-electron chi connectivity index (χ1n) is 9.33. The summed E-state index contributed by atoms with van der Waals surface area (Å²) in [6, 6.07) is 11.1. The Bertz CT molecular complexity index is 1150. The van der Waals surface area contributed by atoms with E-state index < -0.39 is 11.9 Å². The molecule has 0 saturated carbocycles. The Morgan fingerprint density at radius 3 is 2.84 bits per heavy atom. The molecule has 1 N–H and O–H groups in total. The molecular weight excluding hydrogens is 436 g/mol. The van der Waals surface area contributed by atoms with Crippen molar-refractivity contribution in [2.45, 2.75) is 12.8 Å². The van der Waals surface area contributed by atoms with Crippen LogP contribution < -0.4 is 14.8 Å². The largest absolute Gasteiger partial charge is 0.466 e. The van der Waals surface area contributed by atoms with Crippen LogP contribution in [0, 0.1) is 11.3 Å². The number of allylic oxidation sites excluding steroid dienone is 2. The Morgan fingerprint density at radius 2 is 2.13 bits per heavy atom. The molecule has 2 aromatic rings. The number of methoxy groups -OCH3 is 1. The average molecular weight is 455 g/mol. The number of hydrogen-bond donors (Lipinski definition) is 1. The van der Waals surface area contributed by atoms with Crippen LogP contribution in [0.3, 0.4) is 0 Å². The molecule has 0 amide bonds. The molecule has 158 valence electrons. The van der Waals surface area contributed by atoms with Crippen LogP contribution in [-0.2, 0) is 9.53 Å². The lowest BCUT2D eigenvalue weighted by Gasteiger charge is -2.28. The molecule has 4 rings (SSSR count). The number of rotatable bonds is 6. The number of benzene rings is 1. The third kappa shape index (κ3) is 4.04. The minimum atomic E-state index is -0.540. The number of dihydropyridines is 1. The van der Waals surface area contributed by atoms with Crippen molar-refractivity contribution >= 4 is 34.9 Å². The number of nitriles is 1. The summed E-state index contributed by atoms with van der Waals surface area (Å²) in [5.41, 5.74) is 1.89. The van der Waals surface area contributed by atoms with Gasteiger partial charge in [0.2, 0.25) is 6.79 Å². The fourth-order valence-electron chi connectivity index (χ4n) is 3.44. The second-order valence-electron chi connectivity index (χ2n) is 6.74. The van der Waals surface area contributed by atoms with E-state index in [1.165, 1.54) is 30.2 Å². The Morgan fingerprint density at radius 1 is 1.32 bits per heavy atom. The fraction of sp³-hybridized carbons (Fsp3) is 0.227. The zero-order chi connectivity index (χ0) is 22.0. The predicted molar refractivity (Wildman–Crippen MR) is 117 cm³/mol. The van der Waals surface area contributed by atoms with E-state index >= 15 is 0 Å². The molecule has 0 radical (unpaired) electrons. The molecule has 0 unspecified atom stereocenters. The van der Waals surface area contributed by atoms with Crippen molar-refractivity contribution < 1.29 is 23.8 Å². The number of thioether (sulfide) groups is 1. The topological polar surface area (TPSA) is 97.7 Å². The standard InChI is InChI=1S/C22H18N2O5S2/c1-12-19(22(26)27-2)20(18-4-3-7-30-18)14(9-23)21(24-12)31-10-15(25)13-5-6-16-17(8-13)29-11-28-16/h3-8,20,24H,10-11H2,1-2H3/t20-/m0/s1. The summed E-state index contributed by atoms with van der Waals surface area (Å²) >= 11 is 2.70. The zero-order valence-electron chi connectivity index (χ0n) is 16.8. The van der Waals surface area contributed by atoms with E-state index in [4.69, 9.17) is 14.2 Å². The number of nitrogens with zero attached hydrogens (tertiary/aromatic N) is 1. The number of carbonyl (C=O) groups excluding carboxylic acids is 2.